The molecular formula is C15H22N2O4. The molecule has 0 saturated heterocycles. The van der Waals surface area contributed by atoms with E-state index in [0.29, 0.717) is 18.7 Å². The van der Waals surface area contributed by atoms with E-state index in [4.69, 9.17) is 9.84 Å². The quantitative estimate of drug-likeness (QED) is 0.748. The first-order chi connectivity index (χ1) is 9.73. The van der Waals surface area contributed by atoms with Crippen molar-refractivity contribution in [2.45, 2.75) is 32.7 Å². The first-order valence-corrected chi connectivity index (χ1v) is 6.69. The summed E-state index contributed by atoms with van der Waals surface area (Å²) in [6, 6.07) is 4.45. The number of carboxylic acids is 1. The van der Waals surface area contributed by atoms with Crippen molar-refractivity contribution in [3.63, 3.8) is 0 Å². The fourth-order valence-corrected chi connectivity index (χ4v) is 1.72. The highest BCUT2D eigenvalue weighted by Gasteiger charge is 2.13. The van der Waals surface area contributed by atoms with Crippen LogP contribution < -0.4 is 15.4 Å². The number of hydrogen-bond acceptors (Lipinski definition) is 4. The normalized spacial score (nSPS) is 11.0. The molecule has 0 aliphatic heterocycles. The molecule has 6 nitrogen and oxygen atoms in total. The summed E-state index contributed by atoms with van der Waals surface area (Å²) in [5, 5.41) is 14.9. The second kappa shape index (κ2) is 7.08. The molecule has 0 heterocycles. The van der Waals surface area contributed by atoms with Crippen LogP contribution in [0, 0.1) is 0 Å². The van der Waals surface area contributed by atoms with Gasteiger partial charge in [0.1, 0.15) is 11.3 Å². The molecule has 21 heavy (non-hydrogen) atoms. The smallest absolute Gasteiger partial charge is 0.339 e. The van der Waals surface area contributed by atoms with E-state index in [1.165, 1.54) is 19.2 Å². The number of benzene rings is 1. The van der Waals surface area contributed by atoms with Crippen LogP contribution in [0.4, 0.5) is 5.69 Å². The number of rotatable bonds is 6. The molecule has 1 amide bonds. The van der Waals surface area contributed by atoms with Gasteiger partial charge >= 0.3 is 5.97 Å². The van der Waals surface area contributed by atoms with Gasteiger partial charge in [0.05, 0.1) is 7.11 Å². The van der Waals surface area contributed by atoms with Gasteiger partial charge in [0, 0.05) is 30.3 Å². The molecule has 0 radical (unpaired) electrons. The molecule has 0 aromatic heterocycles. The summed E-state index contributed by atoms with van der Waals surface area (Å²) in [4.78, 5) is 22.8. The third-order valence-corrected chi connectivity index (χ3v) is 2.72. The van der Waals surface area contributed by atoms with E-state index < -0.39 is 5.97 Å². The average Bonchev–Trinajstić information content (AvgIpc) is 2.36. The summed E-state index contributed by atoms with van der Waals surface area (Å²) in [7, 11) is 1.39. The molecule has 0 aliphatic rings. The molecule has 0 unspecified atom stereocenters. The number of amides is 1. The third-order valence-electron chi connectivity index (χ3n) is 2.72. The van der Waals surface area contributed by atoms with Gasteiger partial charge in [-0.15, -0.1) is 0 Å². The molecule has 1 rings (SSSR count). The zero-order valence-electron chi connectivity index (χ0n) is 12.8. The predicted molar refractivity (Wildman–Crippen MR) is 81.0 cm³/mol. The molecule has 6 heteroatoms. The van der Waals surface area contributed by atoms with Crippen LogP contribution >= 0.6 is 0 Å². The second-order valence-corrected chi connectivity index (χ2v) is 5.70. The standard InChI is InChI=1S/C15H22N2O4/c1-15(2,3)16-8-7-13(18)17-10-5-6-11(14(19)20)12(9-10)21-4/h5-6,9,16H,7-8H2,1-4H3,(H,17,18)(H,19,20). The van der Waals surface area contributed by atoms with Gasteiger partial charge in [-0.05, 0) is 32.9 Å². The average molecular weight is 294 g/mol. The lowest BCUT2D eigenvalue weighted by molar-refractivity contribution is -0.116. The summed E-state index contributed by atoms with van der Waals surface area (Å²) in [5.41, 5.74) is 0.537. The second-order valence-electron chi connectivity index (χ2n) is 5.70. The maximum Gasteiger partial charge on any atom is 0.339 e. The van der Waals surface area contributed by atoms with E-state index in [2.05, 4.69) is 10.6 Å². The molecule has 0 fully saturated rings. The van der Waals surface area contributed by atoms with Crippen molar-refractivity contribution in [2.75, 3.05) is 19.0 Å². The minimum atomic E-state index is -1.07. The molecular weight excluding hydrogens is 272 g/mol. The first-order valence-electron chi connectivity index (χ1n) is 6.69. The van der Waals surface area contributed by atoms with Gasteiger partial charge in [0.2, 0.25) is 5.91 Å². The topological polar surface area (TPSA) is 87.7 Å². The Morgan fingerprint density at radius 2 is 1.95 bits per heavy atom. The van der Waals surface area contributed by atoms with Crippen molar-refractivity contribution >= 4 is 17.6 Å². The maximum atomic E-state index is 11.8. The van der Waals surface area contributed by atoms with Crippen LogP contribution in [-0.4, -0.2) is 36.2 Å². The molecule has 0 aliphatic carbocycles. The fraction of sp³-hybridized carbons (Fsp3) is 0.467. The van der Waals surface area contributed by atoms with Gasteiger partial charge in [0.15, 0.2) is 0 Å². The van der Waals surface area contributed by atoms with E-state index in [1.54, 1.807) is 6.07 Å². The molecule has 0 saturated carbocycles. The van der Waals surface area contributed by atoms with E-state index in [0.717, 1.165) is 0 Å². The van der Waals surface area contributed by atoms with Crippen LogP contribution in [0.2, 0.25) is 0 Å². The zero-order chi connectivity index (χ0) is 16.0. The highest BCUT2D eigenvalue weighted by atomic mass is 16.5. The van der Waals surface area contributed by atoms with E-state index in [1.807, 2.05) is 20.8 Å². The van der Waals surface area contributed by atoms with Crippen LogP contribution in [0.1, 0.15) is 37.6 Å². The summed E-state index contributed by atoms with van der Waals surface area (Å²) < 4.78 is 5.01. The Kier molecular flexibility index (Phi) is 5.72. The molecule has 0 bridgehead atoms. The number of carbonyl (C=O) groups excluding carboxylic acids is 1. The first kappa shape index (κ1) is 17.0. The van der Waals surface area contributed by atoms with E-state index in [-0.39, 0.29) is 22.8 Å². The molecule has 1 aromatic carbocycles. The van der Waals surface area contributed by atoms with Gasteiger partial charge in [-0.3, -0.25) is 4.79 Å². The van der Waals surface area contributed by atoms with Crippen molar-refractivity contribution < 1.29 is 19.4 Å². The number of ether oxygens (including phenoxy) is 1. The number of carbonyl (C=O) groups is 2. The van der Waals surface area contributed by atoms with E-state index in [9.17, 15) is 9.59 Å². The summed E-state index contributed by atoms with van der Waals surface area (Å²) >= 11 is 0. The number of hydrogen-bond donors (Lipinski definition) is 3. The Morgan fingerprint density at radius 3 is 2.48 bits per heavy atom. The van der Waals surface area contributed by atoms with Crippen molar-refractivity contribution in [1.29, 1.82) is 0 Å². The van der Waals surface area contributed by atoms with Gasteiger partial charge in [-0.2, -0.15) is 0 Å². The van der Waals surface area contributed by atoms with E-state index >= 15 is 0 Å². The minimum absolute atomic E-state index is 0.0351. The van der Waals surface area contributed by atoms with Crippen molar-refractivity contribution in [3.8, 4) is 5.75 Å². The molecule has 116 valence electrons. The Hall–Kier alpha value is -2.08. The van der Waals surface area contributed by atoms with Crippen molar-refractivity contribution in [1.82, 2.24) is 5.32 Å². The number of carboxylic acid groups (broad SMARTS) is 1. The minimum Gasteiger partial charge on any atom is -0.496 e. The highest BCUT2D eigenvalue weighted by Crippen LogP contribution is 2.23. The van der Waals surface area contributed by atoms with Crippen LogP contribution in [0.3, 0.4) is 0 Å². The predicted octanol–water partition coefficient (Wildman–Crippen LogP) is 2.11. The third kappa shape index (κ3) is 5.83. The molecule has 3 N–H and O–H groups in total. The Labute approximate surface area is 124 Å². The number of anilines is 1. The number of nitrogens with one attached hydrogen (secondary N) is 2. The van der Waals surface area contributed by atoms with Crippen LogP contribution in [0.5, 0.6) is 5.75 Å². The lowest BCUT2D eigenvalue weighted by Crippen LogP contribution is -2.37. The van der Waals surface area contributed by atoms with Gasteiger partial charge in [0.25, 0.3) is 0 Å². The molecule has 0 spiro atoms. The SMILES string of the molecule is COc1cc(NC(=O)CCNC(C)(C)C)ccc1C(=O)O. The van der Waals surface area contributed by atoms with Crippen molar-refractivity contribution in [3.05, 3.63) is 23.8 Å². The zero-order valence-corrected chi connectivity index (χ0v) is 12.8. The summed E-state index contributed by atoms with van der Waals surface area (Å²) in [6.45, 7) is 6.65. The monoisotopic (exact) mass is 294 g/mol. The van der Waals surface area contributed by atoms with Crippen LogP contribution in [0.25, 0.3) is 0 Å². The van der Waals surface area contributed by atoms with Crippen LogP contribution in [-0.2, 0) is 4.79 Å². The summed E-state index contributed by atoms with van der Waals surface area (Å²) in [5.74, 6) is -0.996. The maximum absolute atomic E-state index is 11.8. The Morgan fingerprint density at radius 1 is 1.29 bits per heavy atom. The highest BCUT2D eigenvalue weighted by molar-refractivity contribution is 5.94. The Bertz CT molecular complexity index is 521. The molecule has 1 aromatic rings. The summed E-state index contributed by atoms with van der Waals surface area (Å²) in [6.07, 6.45) is 0.334. The van der Waals surface area contributed by atoms with Gasteiger partial charge < -0.3 is 20.5 Å². The number of methoxy groups -OCH3 is 1. The van der Waals surface area contributed by atoms with Crippen LogP contribution in [0.15, 0.2) is 18.2 Å². The number of aromatic carboxylic acids is 1. The Balaban J connectivity index is 2.62. The van der Waals surface area contributed by atoms with Gasteiger partial charge in [-0.25, -0.2) is 4.79 Å². The largest absolute Gasteiger partial charge is 0.496 e. The van der Waals surface area contributed by atoms with Crippen molar-refractivity contribution in [2.24, 2.45) is 0 Å². The lowest BCUT2D eigenvalue weighted by Gasteiger charge is -2.20. The van der Waals surface area contributed by atoms with Gasteiger partial charge in [-0.1, -0.05) is 0 Å². The fourth-order valence-electron chi connectivity index (χ4n) is 1.72. The molecule has 0 atom stereocenters. The lowest BCUT2D eigenvalue weighted by atomic mass is 10.1.